The lowest BCUT2D eigenvalue weighted by atomic mass is 10.1. The van der Waals surface area contributed by atoms with E-state index in [1.54, 1.807) is 26.3 Å². The fraction of sp³-hybridized carbons (Fsp3) is 0.118. The van der Waals surface area contributed by atoms with Gasteiger partial charge in [-0.1, -0.05) is 24.0 Å². The molecule has 2 aromatic carbocycles. The number of hydrogen-bond donors (Lipinski definition) is 1. The maximum absolute atomic E-state index is 11.4. The van der Waals surface area contributed by atoms with Crippen LogP contribution < -0.4 is 10.1 Å². The first-order valence-electron chi connectivity index (χ1n) is 6.22. The summed E-state index contributed by atoms with van der Waals surface area (Å²) in [7, 11) is 3.23. The van der Waals surface area contributed by atoms with Crippen molar-refractivity contribution in [2.24, 2.45) is 0 Å². The van der Waals surface area contributed by atoms with Crippen molar-refractivity contribution in [1.82, 2.24) is 5.32 Å². The van der Waals surface area contributed by atoms with Gasteiger partial charge in [0.1, 0.15) is 5.75 Å². The molecule has 100 valence electrons. The Balaban J connectivity index is 2.23. The topological polar surface area (TPSA) is 38.3 Å². The SMILES string of the molecule is CNC(=O)c1ccc(C#Cc2ccccc2OC)cc1. The normalized spacial score (nSPS) is 9.30. The molecule has 0 spiro atoms. The Labute approximate surface area is 118 Å². The Kier molecular flexibility index (Phi) is 4.41. The Hall–Kier alpha value is -2.73. The molecule has 0 atom stereocenters. The molecule has 0 bridgehead atoms. The molecular formula is C17H15NO2. The van der Waals surface area contributed by atoms with E-state index < -0.39 is 0 Å². The minimum absolute atomic E-state index is 0.103. The summed E-state index contributed by atoms with van der Waals surface area (Å²) >= 11 is 0. The Morgan fingerprint density at radius 2 is 1.75 bits per heavy atom. The number of rotatable bonds is 2. The summed E-state index contributed by atoms with van der Waals surface area (Å²) in [6.45, 7) is 0. The first-order chi connectivity index (χ1) is 9.74. The average molecular weight is 265 g/mol. The zero-order valence-corrected chi connectivity index (χ0v) is 11.4. The standard InChI is InChI=1S/C17H15NO2/c1-18-17(19)15-11-8-13(9-12-15)7-10-14-5-3-4-6-16(14)20-2/h3-6,8-9,11-12H,1-2H3,(H,18,19). The van der Waals surface area contributed by atoms with Gasteiger partial charge in [-0.3, -0.25) is 4.79 Å². The van der Waals surface area contributed by atoms with E-state index in [1.165, 1.54) is 0 Å². The van der Waals surface area contributed by atoms with E-state index in [0.29, 0.717) is 5.56 Å². The second-order valence-electron chi connectivity index (χ2n) is 4.11. The highest BCUT2D eigenvalue weighted by molar-refractivity contribution is 5.94. The van der Waals surface area contributed by atoms with E-state index in [9.17, 15) is 4.79 Å². The fourth-order valence-corrected chi connectivity index (χ4v) is 1.74. The molecule has 2 aromatic rings. The number of amides is 1. The van der Waals surface area contributed by atoms with Crippen LogP contribution in [0.15, 0.2) is 48.5 Å². The van der Waals surface area contributed by atoms with Gasteiger partial charge in [-0.15, -0.1) is 0 Å². The zero-order valence-electron chi connectivity index (χ0n) is 11.4. The predicted molar refractivity (Wildman–Crippen MR) is 78.8 cm³/mol. The van der Waals surface area contributed by atoms with Crippen LogP contribution in [0.5, 0.6) is 5.75 Å². The van der Waals surface area contributed by atoms with Crippen LogP contribution in [0.3, 0.4) is 0 Å². The molecule has 0 aliphatic heterocycles. The Morgan fingerprint density at radius 3 is 2.40 bits per heavy atom. The van der Waals surface area contributed by atoms with Gasteiger partial charge >= 0.3 is 0 Å². The Morgan fingerprint density at radius 1 is 1.05 bits per heavy atom. The van der Waals surface area contributed by atoms with Gasteiger partial charge in [-0.2, -0.15) is 0 Å². The van der Waals surface area contributed by atoms with Crippen LogP contribution in [-0.2, 0) is 0 Å². The lowest BCUT2D eigenvalue weighted by Crippen LogP contribution is -2.17. The third-order valence-electron chi connectivity index (χ3n) is 2.82. The van der Waals surface area contributed by atoms with Gasteiger partial charge in [0.05, 0.1) is 12.7 Å². The molecule has 0 fully saturated rings. The van der Waals surface area contributed by atoms with Crippen molar-refractivity contribution in [1.29, 1.82) is 0 Å². The summed E-state index contributed by atoms with van der Waals surface area (Å²) in [5.74, 6) is 6.77. The summed E-state index contributed by atoms with van der Waals surface area (Å²) < 4.78 is 5.24. The number of ether oxygens (including phenoxy) is 1. The van der Waals surface area contributed by atoms with Gasteiger partial charge in [-0.05, 0) is 36.4 Å². The van der Waals surface area contributed by atoms with Gasteiger partial charge in [0.15, 0.2) is 0 Å². The highest BCUT2D eigenvalue weighted by atomic mass is 16.5. The molecule has 0 aromatic heterocycles. The van der Waals surface area contributed by atoms with Crippen molar-refractivity contribution in [3.05, 3.63) is 65.2 Å². The molecule has 0 radical (unpaired) electrons. The third-order valence-corrected chi connectivity index (χ3v) is 2.82. The molecule has 0 saturated heterocycles. The smallest absolute Gasteiger partial charge is 0.251 e. The number of hydrogen-bond acceptors (Lipinski definition) is 2. The van der Waals surface area contributed by atoms with Gasteiger partial charge < -0.3 is 10.1 Å². The molecule has 0 aliphatic carbocycles. The van der Waals surface area contributed by atoms with Gasteiger partial charge in [0.25, 0.3) is 5.91 Å². The minimum Gasteiger partial charge on any atom is -0.495 e. The quantitative estimate of drug-likeness (QED) is 0.847. The van der Waals surface area contributed by atoms with E-state index >= 15 is 0 Å². The summed E-state index contributed by atoms with van der Waals surface area (Å²) in [4.78, 5) is 11.4. The number of carbonyl (C=O) groups excluding carboxylic acids is 1. The summed E-state index contributed by atoms with van der Waals surface area (Å²) in [6, 6.07) is 14.8. The van der Waals surface area contributed by atoms with Crippen molar-refractivity contribution < 1.29 is 9.53 Å². The van der Waals surface area contributed by atoms with E-state index in [2.05, 4.69) is 17.2 Å². The first-order valence-corrected chi connectivity index (χ1v) is 6.22. The molecule has 2 rings (SSSR count). The van der Waals surface area contributed by atoms with Crippen molar-refractivity contribution >= 4 is 5.91 Å². The van der Waals surface area contributed by atoms with Crippen LogP contribution >= 0.6 is 0 Å². The van der Waals surface area contributed by atoms with Crippen LogP contribution in [0, 0.1) is 11.8 Å². The lowest BCUT2D eigenvalue weighted by Gasteiger charge is -2.01. The third kappa shape index (κ3) is 3.18. The lowest BCUT2D eigenvalue weighted by molar-refractivity contribution is 0.0963. The maximum Gasteiger partial charge on any atom is 0.251 e. The van der Waals surface area contributed by atoms with Gasteiger partial charge in [0, 0.05) is 18.2 Å². The molecule has 0 aliphatic rings. The van der Waals surface area contributed by atoms with E-state index in [4.69, 9.17) is 4.74 Å². The predicted octanol–water partition coefficient (Wildman–Crippen LogP) is 2.45. The maximum atomic E-state index is 11.4. The molecule has 0 heterocycles. The molecule has 1 amide bonds. The van der Waals surface area contributed by atoms with Gasteiger partial charge in [-0.25, -0.2) is 0 Å². The molecule has 3 nitrogen and oxygen atoms in total. The summed E-state index contributed by atoms with van der Waals surface area (Å²) in [5.41, 5.74) is 2.31. The van der Waals surface area contributed by atoms with E-state index in [0.717, 1.165) is 16.9 Å². The molecule has 0 saturated carbocycles. The molecule has 1 N–H and O–H groups in total. The second-order valence-corrected chi connectivity index (χ2v) is 4.11. The zero-order chi connectivity index (χ0) is 14.4. The van der Waals surface area contributed by atoms with Crippen LogP contribution in [0.25, 0.3) is 0 Å². The van der Waals surface area contributed by atoms with E-state index in [-0.39, 0.29) is 5.91 Å². The summed E-state index contributed by atoms with van der Waals surface area (Å²) in [6.07, 6.45) is 0. The number of para-hydroxylation sites is 1. The van der Waals surface area contributed by atoms with Crippen LogP contribution in [-0.4, -0.2) is 20.1 Å². The average Bonchev–Trinajstić information content (AvgIpc) is 2.53. The number of methoxy groups -OCH3 is 1. The number of benzene rings is 2. The number of nitrogens with one attached hydrogen (secondary N) is 1. The van der Waals surface area contributed by atoms with Crippen molar-refractivity contribution in [3.8, 4) is 17.6 Å². The highest BCUT2D eigenvalue weighted by Crippen LogP contribution is 2.15. The summed E-state index contributed by atoms with van der Waals surface area (Å²) in [5, 5.41) is 2.58. The highest BCUT2D eigenvalue weighted by Gasteiger charge is 2.01. The minimum atomic E-state index is -0.103. The van der Waals surface area contributed by atoms with Crippen LogP contribution in [0.2, 0.25) is 0 Å². The van der Waals surface area contributed by atoms with E-state index in [1.807, 2.05) is 36.4 Å². The van der Waals surface area contributed by atoms with Crippen LogP contribution in [0.4, 0.5) is 0 Å². The molecule has 3 heteroatoms. The second kappa shape index (κ2) is 6.44. The fourth-order valence-electron chi connectivity index (χ4n) is 1.74. The van der Waals surface area contributed by atoms with Gasteiger partial charge in [0.2, 0.25) is 0 Å². The van der Waals surface area contributed by atoms with Crippen molar-refractivity contribution in [2.45, 2.75) is 0 Å². The largest absolute Gasteiger partial charge is 0.495 e. The van der Waals surface area contributed by atoms with Crippen molar-refractivity contribution in [2.75, 3.05) is 14.2 Å². The Bertz CT molecular complexity index is 663. The monoisotopic (exact) mass is 265 g/mol. The number of carbonyl (C=O) groups is 1. The van der Waals surface area contributed by atoms with Crippen molar-refractivity contribution in [3.63, 3.8) is 0 Å². The molecular weight excluding hydrogens is 250 g/mol. The van der Waals surface area contributed by atoms with Crippen LogP contribution in [0.1, 0.15) is 21.5 Å². The molecule has 20 heavy (non-hydrogen) atoms. The first kappa shape index (κ1) is 13.7. The molecule has 0 unspecified atom stereocenters.